The molecule has 0 heterocycles. The molecule has 2 aromatic carbocycles. The fraction of sp³-hybridized carbons (Fsp3) is 0.448. The number of amidine groups is 1. The molecule has 0 saturated carbocycles. The Labute approximate surface area is 230 Å². The molecule has 0 fully saturated rings. The predicted octanol–water partition coefficient (Wildman–Crippen LogP) is 1.63. The maximum atomic E-state index is 13.6. The number of nitrogens with zero attached hydrogens (tertiary/aromatic N) is 3. The van der Waals surface area contributed by atoms with E-state index in [-0.39, 0.29) is 42.7 Å². The third-order valence-electron chi connectivity index (χ3n) is 6.90. The second kappa shape index (κ2) is 13.7. The number of methoxy groups -OCH3 is 1. The van der Waals surface area contributed by atoms with Crippen LogP contribution in [0.1, 0.15) is 36.1 Å². The van der Waals surface area contributed by atoms with Crippen LogP contribution >= 0.6 is 0 Å². The van der Waals surface area contributed by atoms with Crippen LogP contribution in [0.3, 0.4) is 0 Å². The van der Waals surface area contributed by atoms with Crippen molar-refractivity contribution in [3.8, 4) is 5.75 Å². The van der Waals surface area contributed by atoms with Gasteiger partial charge in [0.1, 0.15) is 5.75 Å². The van der Waals surface area contributed by atoms with Gasteiger partial charge >= 0.3 is 5.90 Å². The molecule has 0 aromatic heterocycles. The average molecular weight is 538 g/mol. The molecule has 10 heteroatoms. The number of carbonyl (C=O) groups excluding carboxylic acids is 2. The number of aliphatic imine (C=N–C) groups is 1. The van der Waals surface area contributed by atoms with Crippen LogP contribution in [0.15, 0.2) is 41.4 Å². The first-order valence-corrected chi connectivity index (χ1v) is 13.2. The van der Waals surface area contributed by atoms with Gasteiger partial charge in [-0.15, -0.1) is 0 Å². The average Bonchev–Trinajstić information content (AvgIpc) is 3.33. The minimum atomic E-state index is -0.191. The lowest BCUT2D eigenvalue weighted by Crippen LogP contribution is -2.47. The summed E-state index contributed by atoms with van der Waals surface area (Å²) in [5.41, 5.74) is 4.46. The first-order chi connectivity index (χ1) is 18.6. The van der Waals surface area contributed by atoms with Crippen molar-refractivity contribution in [1.29, 1.82) is 5.41 Å². The fourth-order valence-electron chi connectivity index (χ4n) is 4.70. The van der Waals surface area contributed by atoms with E-state index in [1.165, 1.54) is 18.1 Å². The first kappa shape index (κ1) is 29.6. The van der Waals surface area contributed by atoms with Gasteiger partial charge in [0.2, 0.25) is 11.8 Å². The lowest BCUT2D eigenvalue weighted by atomic mass is 10.1. The number of anilines is 1. The maximum absolute atomic E-state index is 13.6. The molecule has 0 radical (unpaired) electrons. The summed E-state index contributed by atoms with van der Waals surface area (Å²) >= 11 is 0. The summed E-state index contributed by atoms with van der Waals surface area (Å²) in [6.45, 7) is 7.39. The molecule has 0 spiro atoms. The number of amides is 2. The molecular formula is C29H41N6O4+. The maximum Gasteiger partial charge on any atom is 0.329 e. The highest BCUT2D eigenvalue weighted by molar-refractivity contribution is 6.03. The Kier molecular flexibility index (Phi) is 10.4. The zero-order chi connectivity index (χ0) is 28.5. The van der Waals surface area contributed by atoms with Crippen LogP contribution in [0.2, 0.25) is 0 Å². The van der Waals surface area contributed by atoms with Gasteiger partial charge in [-0.1, -0.05) is 25.1 Å². The molecule has 1 atom stereocenters. The van der Waals surface area contributed by atoms with Crippen molar-refractivity contribution in [1.82, 2.24) is 15.5 Å². The Morgan fingerprint density at radius 1 is 1.13 bits per heavy atom. The second-order valence-corrected chi connectivity index (χ2v) is 9.81. The molecule has 1 aliphatic carbocycles. The van der Waals surface area contributed by atoms with Crippen LogP contribution in [-0.2, 0) is 22.4 Å². The minimum Gasteiger partial charge on any atom is -0.582 e. The number of nitrogens with one attached hydrogen (secondary N) is 3. The number of hydrogen-bond donors (Lipinski definition) is 3. The third kappa shape index (κ3) is 8.03. The predicted molar refractivity (Wildman–Crippen MR) is 155 cm³/mol. The number of benzene rings is 2. The molecule has 2 aromatic rings. The summed E-state index contributed by atoms with van der Waals surface area (Å²) < 4.78 is 5.36. The van der Waals surface area contributed by atoms with E-state index in [1.54, 1.807) is 29.0 Å². The van der Waals surface area contributed by atoms with E-state index in [1.807, 2.05) is 39.1 Å². The van der Waals surface area contributed by atoms with E-state index in [9.17, 15) is 9.59 Å². The zero-order valence-corrected chi connectivity index (χ0v) is 23.6. The van der Waals surface area contributed by atoms with Gasteiger partial charge < -0.3 is 30.3 Å². The Morgan fingerprint density at radius 3 is 2.56 bits per heavy atom. The highest BCUT2D eigenvalue weighted by atomic mass is 16.5. The normalized spacial score (nSPS) is 14.5. The summed E-state index contributed by atoms with van der Waals surface area (Å²) in [4.78, 5) is 33.9. The van der Waals surface area contributed by atoms with E-state index in [0.717, 1.165) is 30.7 Å². The Balaban J connectivity index is 1.81. The number of rotatable bonds is 12. The van der Waals surface area contributed by atoms with Crippen LogP contribution in [0.25, 0.3) is 0 Å². The van der Waals surface area contributed by atoms with Crippen molar-refractivity contribution in [2.75, 3.05) is 51.8 Å². The molecule has 0 aliphatic heterocycles. The molecule has 210 valence electrons. The van der Waals surface area contributed by atoms with Crippen molar-refractivity contribution in [3.05, 3.63) is 58.7 Å². The van der Waals surface area contributed by atoms with Crippen LogP contribution in [-0.4, -0.2) is 86.5 Å². The summed E-state index contributed by atoms with van der Waals surface area (Å²) in [5, 5.41) is 22.0. The number of ether oxygens (including phenoxy) is 1. The van der Waals surface area contributed by atoms with Gasteiger partial charge in [0.15, 0.2) is 5.84 Å². The monoisotopic (exact) mass is 537 g/mol. The second-order valence-electron chi connectivity index (χ2n) is 9.81. The van der Waals surface area contributed by atoms with Crippen LogP contribution in [0.4, 0.5) is 5.69 Å². The first-order valence-electron chi connectivity index (χ1n) is 13.2. The highest BCUT2D eigenvalue weighted by Crippen LogP contribution is 2.29. The fourth-order valence-corrected chi connectivity index (χ4v) is 4.70. The van der Waals surface area contributed by atoms with Crippen LogP contribution in [0, 0.1) is 12.3 Å². The van der Waals surface area contributed by atoms with E-state index in [4.69, 9.17) is 15.3 Å². The molecule has 5 N–H and O–H groups in total. The van der Waals surface area contributed by atoms with Gasteiger partial charge in [0.25, 0.3) is 0 Å². The van der Waals surface area contributed by atoms with Crippen LogP contribution < -0.4 is 20.3 Å². The topological polar surface area (TPSA) is 133 Å². The Bertz CT molecular complexity index is 1220. The number of carbonyl (C=O) groups is 2. The van der Waals surface area contributed by atoms with E-state index < -0.39 is 0 Å². The van der Waals surface area contributed by atoms with E-state index in [2.05, 4.69) is 21.7 Å². The van der Waals surface area contributed by atoms with Crippen molar-refractivity contribution < 1.29 is 19.4 Å². The molecule has 3 rings (SSSR count). The molecule has 10 nitrogen and oxygen atoms in total. The van der Waals surface area contributed by atoms with Gasteiger partial charge in [-0.05, 0) is 61.2 Å². The molecular weight excluding hydrogens is 496 g/mol. The number of hydrogen-bond acceptors (Lipinski definition) is 6. The smallest absolute Gasteiger partial charge is 0.329 e. The van der Waals surface area contributed by atoms with Gasteiger partial charge in [-0.2, -0.15) is 4.99 Å². The number of aryl methyl sites for hydroxylation is 1. The van der Waals surface area contributed by atoms with Crippen molar-refractivity contribution in [3.63, 3.8) is 0 Å². The lowest BCUT2D eigenvalue weighted by Gasteiger charge is -2.30. The van der Waals surface area contributed by atoms with Gasteiger partial charge in [0.05, 0.1) is 27.1 Å². The van der Waals surface area contributed by atoms with Crippen molar-refractivity contribution in [2.24, 2.45) is 4.99 Å². The molecule has 1 unspecified atom stereocenters. The SMILES string of the molecule is CCNCCNC(=O)CN(CC(=O)N(C)C1Cc2ccc(OC)cc2C1)c1cc(C(=N)N=C(C)[OH2+])ccc1C. The Hall–Kier alpha value is -3.92. The number of likely N-dealkylation sites (N-methyl/N-ethyl adjacent to an activating group) is 2. The zero-order valence-electron chi connectivity index (χ0n) is 23.6. The van der Waals surface area contributed by atoms with Crippen molar-refractivity contribution >= 4 is 29.2 Å². The lowest BCUT2D eigenvalue weighted by molar-refractivity contribution is -0.130. The highest BCUT2D eigenvalue weighted by Gasteiger charge is 2.29. The quantitative estimate of drug-likeness (QED) is 0.164. The number of fused-ring (bicyclic) bond motifs is 1. The summed E-state index contributed by atoms with van der Waals surface area (Å²) in [6.07, 6.45) is 1.51. The molecule has 0 bridgehead atoms. The van der Waals surface area contributed by atoms with Gasteiger partial charge in [0, 0.05) is 37.4 Å². The molecule has 39 heavy (non-hydrogen) atoms. The summed E-state index contributed by atoms with van der Waals surface area (Å²) in [7, 11) is 3.46. The van der Waals surface area contributed by atoms with E-state index >= 15 is 0 Å². The molecule has 1 aliphatic rings. The van der Waals surface area contributed by atoms with Crippen LogP contribution in [0.5, 0.6) is 5.75 Å². The van der Waals surface area contributed by atoms with Gasteiger partial charge in [-0.3, -0.25) is 15.0 Å². The van der Waals surface area contributed by atoms with E-state index in [0.29, 0.717) is 24.3 Å². The largest absolute Gasteiger partial charge is 0.582 e. The summed E-state index contributed by atoms with van der Waals surface area (Å²) in [6, 6.07) is 11.4. The minimum absolute atomic E-state index is 0.00562. The molecule has 2 amide bonds. The third-order valence-corrected chi connectivity index (χ3v) is 6.90. The van der Waals surface area contributed by atoms with Gasteiger partial charge in [-0.25, -0.2) is 0 Å². The Morgan fingerprint density at radius 2 is 1.87 bits per heavy atom. The summed E-state index contributed by atoms with van der Waals surface area (Å²) in [5.74, 6) is 0.511. The van der Waals surface area contributed by atoms with Crippen molar-refractivity contribution in [2.45, 2.75) is 39.7 Å². The standard InChI is InChI=1S/C29H40N6O4/c1-6-31-11-12-32-27(37)17-35(26-16-22(8-7-19(26)2)29(30)33-20(3)36)18-28(38)34(4)24-13-21-9-10-25(39-5)15-23(21)14-24/h7-10,15-16,24,31H,6,11-14,17-18H2,1-5H3,(H,32,37)(H2,30,33,36)/p+1. The molecule has 0 saturated heterocycles.